The van der Waals surface area contributed by atoms with E-state index in [2.05, 4.69) is 48.5 Å². The maximum Gasteiger partial charge on any atom is -0.00264 e. The molecule has 5 rings (SSSR count). The van der Waals surface area contributed by atoms with Crippen LogP contribution < -0.4 is 0 Å². The largest absolute Gasteiger partial charge is 0.0610 e. The Kier molecular flexibility index (Phi) is 1.99. The molecule has 20 heavy (non-hydrogen) atoms. The van der Waals surface area contributed by atoms with E-state index < -0.39 is 0 Å². The summed E-state index contributed by atoms with van der Waals surface area (Å²) in [6.45, 7) is 0. The summed E-state index contributed by atoms with van der Waals surface area (Å²) in [6.07, 6.45) is 5.22. The van der Waals surface area contributed by atoms with Crippen molar-refractivity contribution >= 4 is 10.8 Å². The van der Waals surface area contributed by atoms with E-state index in [9.17, 15) is 0 Å². The van der Waals surface area contributed by atoms with Gasteiger partial charge in [-0.15, -0.1) is 0 Å². The quantitative estimate of drug-likeness (QED) is 0.397. The van der Waals surface area contributed by atoms with Gasteiger partial charge < -0.3 is 0 Å². The summed E-state index contributed by atoms with van der Waals surface area (Å²) in [7, 11) is 0. The molecule has 0 nitrogen and oxygen atoms in total. The molecule has 0 heterocycles. The molecule has 3 aromatic rings. The lowest BCUT2D eigenvalue weighted by Gasteiger charge is -2.17. The first kappa shape index (κ1) is 10.7. The van der Waals surface area contributed by atoms with Gasteiger partial charge in [-0.25, -0.2) is 0 Å². The van der Waals surface area contributed by atoms with E-state index in [4.69, 9.17) is 0 Å². The minimum atomic E-state index is 1.26. The number of aryl methyl sites for hydroxylation is 2. The van der Waals surface area contributed by atoms with E-state index in [-0.39, 0.29) is 0 Å². The molecule has 0 saturated heterocycles. The third kappa shape index (κ3) is 1.27. The van der Waals surface area contributed by atoms with Crippen LogP contribution in [0.25, 0.3) is 33.0 Å². The van der Waals surface area contributed by atoms with Gasteiger partial charge in [0.15, 0.2) is 0 Å². The van der Waals surface area contributed by atoms with Crippen molar-refractivity contribution in [1.29, 1.82) is 0 Å². The van der Waals surface area contributed by atoms with Gasteiger partial charge in [0.2, 0.25) is 0 Å². The van der Waals surface area contributed by atoms with Crippen molar-refractivity contribution in [3.63, 3.8) is 0 Å². The smallest absolute Gasteiger partial charge is 0.00264 e. The van der Waals surface area contributed by atoms with Gasteiger partial charge in [0.25, 0.3) is 0 Å². The fourth-order valence-corrected chi connectivity index (χ4v) is 4.02. The molecule has 0 aliphatic heterocycles. The van der Waals surface area contributed by atoms with Gasteiger partial charge in [-0.2, -0.15) is 0 Å². The Morgan fingerprint density at radius 2 is 1.15 bits per heavy atom. The summed E-state index contributed by atoms with van der Waals surface area (Å²) in [5, 5.41) is 2.82. The molecule has 0 amide bonds. The van der Waals surface area contributed by atoms with E-state index in [1.54, 1.807) is 11.1 Å². The molecule has 0 atom stereocenters. The van der Waals surface area contributed by atoms with Gasteiger partial charge in [0.1, 0.15) is 0 Å². The molecule has 3 aromatic carbocycles. The lowest BCUT2D eigenvalue weighted by Crippen LogP contribution is -2.02. The fourth-order valence-electron chi connectivity index (χ4n) is 4.02. The molecule has 0 N–H and O–H groups in total. The van der Waals surface area contributed by atoms with Gasteiger partial charge in [0.05, 0.1) is 0 Å². The highest BCUT2D eigenvalue weighted by Gasteiger charge is 2.23. The average Bonchev–Trinajstić information content (AvgIpc) is 2.82. The Hall–Kier alpha value is -2.08. The van der Waals surface area contributed by atoms with Crippen LogP contribution in [0.15, 0.2) is 48.5 Å². The monoisotopic (exact) mass is 256 g/mol. The number of benzene rings is 3. The van der Waals surface area contributed by atoms with Gasteiger partial charge in [0, 0.05) is 0 Å². The zero-order valence-corrected chi connectivity index (χ0v) is 11.4. The molecule has 96 valence electrons. The predicted octanol–water partition coefficient (Wildman–Crippen LogP) is 5.37. The summed E-state index contributed by atoms with van der Waals surface area (Å²) in [6, 6.07) is 18.4. The minimum Gasteiger partial charge on any atom is -0.0610 e. The number of fused-ring (bicyclic) bond motifs is 4. The molecular formula is C20H16. The van der Waals surface area contributed by atoms with Crippen LogP contribution in [0, 0.1) is 0 Å². The normalized spacial score (nSPS) is 15.2. The van der Waals surface area contributed by atoms with Gasteiger partial charge in [-0.05, 0) is 69.8 Å². The van der Waals surface area contributed by atoms with Crippen molar-refractivity contribution in [3.8, 4) is 22.3 Å². The standard InChI is InChI=1S/C20H16/c1-2-6-15-12-19-17-10-4-8-13-7-3-9-16(20(13)17)18(19)11-14(15)5-1/h3-4,7-12H,1-2,5-6H2. The molecule has 0 radical (unpaired) electrons. The first-order chi connectivity index (χ1) is 9.92. The molecule has 0 aromatic heterocycles. The molecular weight excluding hydrogens is 240 g/mol. The lowest BCUT2D eigenvalue weighted by molar-refractivity contribution is 0.686. The summed E-state index contributed by atoms with van der Waals surface area (Å²) in [5.41, 5.74) is 8.94. The molecule has 2 aliphatic carbocycles. The highest BCUT2D eigenvalue weighted by molar-refractivity contribution is 6.15. The van der Waals surface area contributed by atoms with Crippen molar-refractivity contribution in [2.24, 2.45) is 0 Å². The summed E-state index contributed by atoms with van der Waals surface area (Å²) in [4.78, 5) is 0. The van der Waals surface area contributed by atoms with Crippen LogP contribution in [0.5, 0.6) is 0 Å². The van der Waals surface area contributed by atoms with E-state index in [1.807, 2.05) is 0 Å². The second kappa shape index (κ2) is 3.73. The highest BCUT2D eigenvalue weighted by Crippen LogP contribution is 2.48. The van der Waals surface area contributed by atoms with Crippen molar-refractivity contribution in [3.05, 3.63) is 59.7 Å². The first-order valence-electron chi connectivity index (χ1n) is 7.60. The van der Waals surface area contributed by atoms with Crippen molar-refractivity contribution < 1.29 is 0 Å². The van der Waals surface area contributed by atoms with Gasteiger partial charge in [-0.3, -0.25) is 0 Å². The highest BCUT2D eigenvalue weighted by atomic mass is 14.3. The third-order valence-corrected chi connectivity index (χ3v) is 4.97. The molecule has 0 bridgehead atoms. The van der Waals surface area contributed by atoms with Gasteiger partial charge >= 0.3 is 0 Å². The zero-order chi connectivity index (χ0) is 13.1. The second-order valence-corrected chi connectivity index (χ2v) is 6.08. The Morgan fingerprint density at radius 1 is 0.600 bits per heavy atom. The summed E-state index contributed by atoms with van der Waals surface area (Å²) < 4.78 is 0. The number of hydrogen-bond acceptors (Lipinski definition) is 0. The second-order valence-electron chi connectivity index (χ2n) is 6.08. The zero-order valence-electron chi connectivity index (χ0n) is 11.4. The van der Waals surface area contributed by atoms with E-state index in [0.717, 1.165) is 0 Å². The van der Waals surface area contributed by atoms with Crippen molar-refractivity contribution in [2.75, 3.05) is 0 Å². The number of rotatable bonds is 0. The third-order valence-electron chi connectivity index (χ3n) is 4.97. The first-order valence-corrected chi connectivity index (χ1v) is 7.60. The summed E-state index contributed by atoms with van der Waals surface area (Å²) >= 11 is 0. The average molecular weight is 256 g/mol. The predicted molar refractivity (Wildman–Crippen MR) is 85.0 cm³/mol. The van der Waals surface area contributed by atoms with Crippen molar-refractivity contribution in [1.82, 2.24) is 0 Å². The number of hydrogen-bond donors (Lipinski definition) is 0. The van der Waals surface area contributed by atoms with Crippen LogP contribution >= 0.6 is 0 Å². The van der Waals surface area contributed by atoms with E-state index in [1.165, 1.54) is 58.7 Å². The minimum absolute atomic E-state index is 1.26. The van der Waals surface area contributed by atoms with E-state index >= 15 is 0 Å². The van der Waals surface area contributed by atoms with E-state index in [0.29, 0.717) is 0 Å². The molecule has 0 spiro atoms. The Bertz CT molecular complexity index is 788. The SMILES string of the molecule is c1cc2c3c(cccc3c1)-c1cc3c(cc1-2)CCCC3. The molecule has 2 aliphatic rings. The Labute approximate surface area is 119 Å². The van der Waals surface area contributed by atoms with Crippen LogP contribution in [-0.4, -0.2) is 0 Å². The van der Waals surface area contributed by atoms with Crippen molar-refractivity contribution in [2.45, 2.75) is 25.7 Å². The van der Waals surface area contributed by atoms with Crippen LogP contribution in [0.1, 0.15) is 24.0 Å². The molecule has 0 fully saturated rings. The maximum atomic E-state index is 2.47. The fraction of sp³-hybridized carbons (Fsp3) is 0.200. The topological polar surface area (TPSA) is 0 Å². The van der Waals surface area contributed by atoms with Crippen LogP contribution in [0.3, 0.4) is 0 Å². The van der Waals surface area contributed by atoms with Crippen LogP contribution in [0.4, 0.5) is 0 Å². The molecule has 0 saturated carbocycles. The maximum absolute atomic E-state index is 2.47. The van der Waals surface area contributed by atoms with Crippen LogP contribution in [0.2, 0.25) is 0 Å². The van der Waals surface area contributed by atoms with Crippen LogP contribution in [-0.2, 0) is 12.8 Å². The summed E-state index contributed by atoms with van der Waals surface area (Å²) in [5.74, 6) is 0. The molecule has 0 heteroatoms. The Balaban J connectivity index is 1.91. The lowest BCUT2D eigenvalue weighted by atomic mass is 9.87. The molecule has 0 unspecified atom stereocenters. The Morgan fingerprint density at radius 3 is 1.70 bits per heavy atom. The van der Waals surface area contributed by atoms with Gasteiger partial charge in [-0.1, -0.05) is 48.5 Å².